The lowest BCUT2D eigenvalue weighted by Gasteiger charge is -2.10. The number of hydrogen-bond acceptors (Lipinski definition) is 8. The lowest BCUT2D eigenvalue weighted by Crippen LogP contribution is -2.31. The maximum absolute atomic E-state index is 12.8. The highest BCUT2D eigenvalue weighted by atomic mass is 32.2. The van der Waals surface area contributed by atoms with Crippen LogP contribution in [0.4, 0.5) is 16.4 Å². The first-order valence-corrected chi connectivity index (χ1v) is 12.7. The number of methoxy groups -OCH3 is 2. The van der Waals surface area contributed by atoms with Gasteiger partial charge in [-0.3, -0.25) is 5.32 Å². The third-order valence-corrected chi connectivity index (χ3v) is 6.54. The molecule has 12 heteroatoms. The molecule has 4 aromatic rings. The first-order chi connectivity index (χ1) is 17.9. The monoisotopic (exact) mass is 525 g/mol. The summed E-state index contributed by atoms with van der Waals surface area (Å²) >= 11 is 0. The van der Waals surface area contributed by atoms with Crippen LogP contribution in [0.5, 0.6) is 11.5 Å². The molecule has 0 fully saturated rings. The van der Waals surface area contributed by atoms with Gasteiger partial charge in [-0.1, -0.05) is 12.1 Å². The van der Waals surface area contributed by atoms with Crippen LogP contribution in [0, 0.1) is 0 Å². The Bertz CT molecular complexity index is 1450. The van der Waals surface area contributed by atoms with Crippen molar-refractivity contribution >= 4 is 38.8 Å². The van der Waals surface area contributed by atoms with Gasteiger partial charge in [0.1, 0.15) is 16.4 Å². The highest BCUT2D eigenvalue weighted by molar-refractivity contribution is 7.87. The number of fused-ring (bicyclic) bond motifs is 1. The Morgan fingerprint density at radius 2 is 1.70 bits per heavy atom. The lowest BCUT2D eigenvalue weighted by molar-refractivity contribution is 0.198. The summed E-state index contributed by atoms with van der Waals surface area (Å²) in [6, 6.07) is 18.1. The van der Waals surface area contributed by atoms with E-state index in [2.05, 4.69) is 25.9 Å². The van der Waals surface area contributed by atoms with Crippen molar-refractivity contribution < 1.29 is 26.9 Å². The Hall–Kier alpha value is -4.29. The molecule has 0 saturated heterocycles. The number of carbonyl (C=O) groups excluding carboxylic acids is 1. The van der Waals surface area contributed by atoms with Crippen LogP contribution in [0.3, 0.4) is 0 Å². The van der Waals surface area contributed by atoms with E-state index in [1.165, 1.54) is 31.4 Å². The molecule has 0 aliphatic heterocycles. The van der Waals surface area contributed by atoms with E-state index < -0.39 is 16.1 Å². The van der Waals surface area contributed by atoms with Gasteiger partial charge in [-0.05, 0) is 54.1 Å². The van der Waals surface area contributed by atoms with E-state index in [-0.39, 0.29) is 16.6 Å². The Morgan fingerprint density at radius 3 is 2.41 bits per heavy atom. The first kappa shape index (κ1) is 25.8. The third kappa shape index (κ3) is 6.90. The summed E-state index contributed by atoms with van der Waals surface area (Å²) in [7, 11) is -0.912. The predicted octanol–water partition coefficient (Wildman–Crippen LogP) is 3.72. The summed E-state index contributed by atoms with van der Waals surface area (Å²) in [5.74, 6) is 1.10. The molecule has 4 rings (SSSR count). The quantitative estimate of drug-likeness (QED) is 0.171. The van der Waals surface area contributed by atoms with E-state index in [0.717, 1.165) is 17.0 Å². The number of carbonyl (C=O) groups is 1. The van der Waals surface area contributed by atoms with Crippen molar-refractivity contribution in [3.05, 3.63) is 72.3 Å². The number of ether oxygens (including phenoxy) is 2. The highest BCUT2D eigenvalue weighted by Gasteiger charge is 2.17. The van der Waals surface area contributed by atoms with Crippen molar-refractivity contribution in [2.75, 3.05) is 38.0 Å². The highest BCUT2D eigenvalue weighted by Crippen LogP contribution is 2.25. The van der Waals surface area contributed by atoms with Gasteiger partial charge < -0.3 is 29.3 Å². The zero-order chi connectivity index (χ0) is 26.3. The number of imidazole rings is 1. The third-order valence-electron chi connectivity index (χ3n) is 5.28. The van der Waals surface area contributed by atoms with Gasteiger partial charge in [-0.2, -0.15) is 8.42 Å². The molecule has 0 spiro atoms. The number of aromatic nitrogens is 2. The second-order valence-electron chi connectivity index (χ2n) is 7.90. The van der Waals surface area contributed by atoms with Crippen molar-refractivity contribution in [2.45, 2.75) is 11.4 Å². The van der Waals surface area contributed by atoms with E-state index in [4.69, 9.17) is 13.7 Å². The molecule has 0 radical (unpaired) electrons. The van der Waals surface area contributed by atoms with E-state index in [0.29, 0.717) is 30.7 Å². The van der Waals surface area contributed by atoms with Crippen LogP contribution in [0.25, 0.3) is 11.0 Å². The van der Waals surface area contributed by atoms with Gasteiger partial charge in [0.2, 0.25) is 5.95 Å². The van der Waals surface area contributed by atoms with Crippen LogP contribution >= 0.6 is 0 Å². The van der Waals surface area contributed by atoms with Crippen molar-refractivity contribution in [3.8, 4) is 11.5 Å². The second kappa shape index (κ2) is 11.6. The minimum atomic E-state index is -4.07. The first-order valence-electron chi connectivity index (χ1n) is 11.3. The molecule has 0 atom stereocenters. The van der Waals surface area contributed by atoms with Gasteiger partial charge in [0, 0.05) is 32.0 Å². The number of amides is 2. The molecule has 1 aromatic heterocycles. The zero-order valence-electron chi connectivity index (χ0n) is 20.3. The molecular weight excluding hydrogens is 498 g/mol. The lowest BCUT2D eigenvalue weighted by atomic mass is 10.2. The van der Waals surface area contributed by atoms with Crippen molar-refractivity contribution in [1.82, 2.24) is 15.3 Å². The summed E-state index contributed by atoms with van der Waals surface area (Å²) in [6.07, 6.45) is 0. The number of aromatic amines is 1. The molecule has 0 bridgehead atoms. The molecule has 194 valence electrons. The molecule has 0 unspecified atom stereocenters. The van der Waals surface area contributed by atoms with Gasteiger partial charge in [-0.25, -0.2) is 9.78 Å². The number of benzene rings is 3. The summed E-state index contributed by atoms with van der Waals surface area (Å²) in [5, 5.41) is 8.43. The number of H-pyrrole nitrogens is 1. The van der Waals surface area contributed by atoms with E-state index in [1.54, 1.807) is 25.3 Å². The van der Waals surface area contributed by atoms with E-state index in [9.17, 15) is 13.2 Å². The number of nitrogens with zero attached hydrogens (tertiary/aromatic N) is 1. The van der Waals surface area contributed by atoms with Gasteiger partial charge >= 0.3 is 16.1 Å². The number of rotatable bonds is 11. The second-order valence-corrected chi connectivity index (χ2v) is 9.45. The molecule has 11 nitrogen and oxygen atoms in total. The molecule has 37 heavy (non-hydrogen) atoms. The van der Waals surface area contributed by atoms with Crippen molar-refractivity contribution in [3.63, 3.8) is 0 Å². The number of hydrogen-bond donors (Lipinski definition) is 4. The molecule has 0 saturated carbocycles. The molecule has 0 aliphatic carbocycles. The minimum absolute atomic E-state index is 0.0160. The molecule has 1 heterocycles. The standard InChI is InChI=1S/C25H27N5O6S/c1-34-14-13-26-25(31)30-24-28-22-12-9-20(15-23(22)29-24)36-37(32,33)21-10-5-18(6-11-21)27-16-17-3-7-19(35-2)8-4-17/h3-12,15,27H,13-14,16H2,1-2H3,(H3,26,28,29,30,31). The summed E-state index contributed by atoms with van der Waals surface area (Å²) in [5.41, 5.74) is 2.85. The molecule has 2 amide bonds. The fourth-order valence-electron chi connectivity index (χ4n) is 3.38. The Labute approximate surface area is 214 Å². The molecule has 0 aliphatic rings. The topological polar surface area (TPSA) is 144 Å². The normalized spacial score (nSPS) is 11.2. The fraction of sp³-hybridized carbons (Fsp3) is 0.200. The SMILES string of the molecule is COCCNC(=O)Nc1nc2ccc(OS(=O)(=O)c3ccc(NCc4ccc(OC)cc4)cc3)cc2[nH]1. The zero-order valence-corrected chi connectivity index (χ0v) is 21.1. The van der Waals surface area contributed by atoms with Gasteiger partial charge in [0.25, 0.3) is 0 Å². The average Bonchev–Trinajstić information content (AvgIpc) is 3.29. The maximum atomic E-state index is 12.8. The molecule has 4 N–H and O–H groups in total. The van der Waals surface area contributed by atoms with Crippen molar-refractivity contribution in [2.24, 2.45) is 0 Å². The average molecular weight is 526 g/mol. The number of urea groups is 1. The van der Waals surface area contributed by atoms with Crippen LogP contribution in [0.15, 0.2) is 71.6 Å². The van der Waals surface area contributed by atoms with Crippen molar-refractivity contribution in [1.29, 1.82) is 0 Å². The molecule has 3 aromatic carbocycles. The fourth-order valence-corrected chi connectivity index (χ4v) is 4.30. The van der Waals surface area contributed by atoms with Gasteiger partial charge in [0.05, 0.1) is 24.8 Å². The van der Waals surface area contributed by atoms with Crippen LogP contribution in [-0.4, -0.2) is 51.8 Å². The van der Waals surface area contributed by atoms with Gasteiger partial charge in [-0.15, -0.1) is 0 Å². The van der Waals surface area contributed by atoms with Gasteiger partial charge in [0.15, 0.2) is 0 Å². The Kier molecular flexibility index (Phi) is 8.11. The summed E-state index contributed by atoms with van der Waals surface area (Å²) in [4.78, 5) is 19.1. The molecular formula is C25H27N5O6S. The smallest absolute Gasteiger partial charge is 0.339 e. The Morgan fingerprint density at radius 1 is 0.973 bits per heavy atom. The summed E-state index contributed by atoms with van der Waals surface area (Å²) in [6.45, 7) is 1.30. The largest absolute Gasteiger partial charge is 0.497 e. The number of anilines is 2. The van der Waals surface area contributed by atoms with E-state index in [1.807, 2.05) is 24.3 Å². The van der Waals surface area contributed by atoms with Crippen LogP contribution in [-0.2, 0) is 21.4 Å². The van der Waals surface area contributed by atoms with Crippen LogP contribution in [0.1, 0.15) is 5.56 Å². The summed E-state index contributed by atoms with van der Waals surface area (Å²) < 4.78 is 41.0. The van der Waals surface area contributed by atoms with E-state index >= 15 is 0 Å². The van der Waals surface area contributed by atoms with Crippen LogP contribution < -0.4 is 24.9 Å². The van der Waals surface area contributed by atoms with Crippen LogP contribution in [0.2, 0.25) is 0 Å². The minimum Gasteiger partial charge on any atom is -0.497 e. The Balaban J connectivity index is 1.37. The number of nitrogens with one attached hydrogen (secondary N) is 4. The predicted molar refractivity (Wildman–Crippen MR) is 140 cm³/mol. The maximum Gasteiger partial charge on any atom is 0.339 e.